The highest BCUT2D eigenvalue weighted by Crippen LogP contribution is 2.20. The van der Waals surface area contributed by atoms with E-state index in [-0.39, 0.29) is 0 Å². The first-order chi connectivity index (χ1) is 8.19. The van der Waals surface area contributed by atoms with Crippen molar-refractivity contribution in [2.45, 2.75) is 0 Å². The number of halogens is 1. The Morgan fingerprint density at radius 3 is 2.82 bits per heavy atom. The van der Waals surface area contributed by atoms with E-state index >= 15 is 0 Å². The van der Waals surface area contributed by atoms with Gasteiger partial charge in [0, 0.05) is 29.2 Å². The molecule has 2 aromatic rings. The SMILES string of the molecule is N=Cc1cc(Nc2cc(Cl)ncn2)ccc1N. The van der Waals surface area contributed by atoms with Crippen molar-refractivity contribution in [3.63, 3.8) is 0 Å². The van der Waals surface area contributed by atoms with E-state index in [0.717, 1.165) is 5.69 Å². The van der Waals surface area contributed by atoms with Crippen molar-refractivity contribution >= 4 is 35.0 Å². The first-order valence-corrected chi connectivity index (χ1v) is 5.21. The summed E-state index contributed by atoms with van der Waals surface area (Å²) in [5, 5.41) is 10.6. The lowest BCUT2D eigenvalue weighted by Gasteiger charge is -2.07. The lowest BCUT2D eigenvalue weighted by molar-refractivity contribution is 1.17. The highest BCUT2D eigenvalue weighted by molar-refractivity contribution is 6.29. The molecular formula is C11H10ClN5. The maximum absolute atomic E-state index is 7.22. The maximum Gasteiger partial charge on any atom is 0.135 e. The second-order valence-electron chi connectivity index (χ2n) is 3.34. The summed E-state index contributed by atoms with van der Waals surface area (Å²) in [4.78, 5) is 7.81. The van der Waals surface area contributed by atoms with Gasteiger partial charge in [0.2, 0.25) is 0 Å². The molecule has 86 valence electrons. The summed E-state index contributed by atoms with van der Waals surface area (Å²) in [6, 6.07) is 6.91. The number of nitrogens with one attached hydrogen (secondary N) is 2. The summed E-state index contributed by atoms with van der Waals surface area (Å²) in [6.45, 7) is 0. The number of nitrogens with zero attached hydrogens (tertiary/aromatic N) is 2. The number of hydrogen-bond donors (Lipinski definition) is 3. The van der Waals surface area contributed by atoms with Crippen LogP contribution in [0.2, 0.25) is 5.15 Å². The van der Waals surface area contributed by atoms with Crippen LogP contribution in [0.15, 0.2) is 30.6 Å². The predicted octanol–water partition coefficient (Wildman–Crippen LogP) is 2.45. The predicted molar refractivity (Wildman–Crippen MR) is 69.1 cm³/mol. The molecule has 0 amide bonds. The van der Waals surface area contributed by atoms with Gasteiger partial charge in [-0.05, 0) is 18.2 Å². The zero-order chi connectivity index (χ0) is 12.3. The minimum atomic E-state index is 0.366. The van der Waals surface area contributed by atoms with Crippen LogP contribution < -0.4 is 11.1 Å². The fraction of sp³-hybridized carbons (Fsp3) is 0. The van der Waals surface area contributed by atoms with Gasteiger partial charge in [-0.3, -0.25) is 0 Å². The Labute approximate surface area is 103 Å². The molecule has 1 aromatic carbocycles. The van der Waals surface area contributed by atoms with Crippen molar-refractivity contribution < 1.29 is 0 Å². The smallest absolute Gasteiger partial charge is 0.135 e. The van der Waals surface area contributed by atoms with Gasteiger partial charge < -0.3 is 16.5 Å². The Kier molecular flexibility index (Phi) is 3.20. The van der Waals surface area contributed by atoms with Crippen molar-refractivity contribution in [1.29, 1.82) is 5.41 Å². The number of nitrogens with two attached hydrogens (primary N) is 1. The van der Waals surface area contributed by atoms with Crippen LogP contribution in [0.1, 0.15) is 5.56 Å². The average molecular weight is 248 g/mol. The molecule has 5 nitrogen and oxygen atoms in total. The molecular weight excluding hydrogens is 238 g/mol. The van der Waals surface area contributed by atoms with Crippen LogP contribution in [0, 0.1) is 5.41 Å². The first kappa shape index (κ1) is 11.3. The van der Waals surface area contributed by atoms with E-state index in [9.17, 15) is 0 Å². The molecule has 0 aliphatic rings. The number of benzene rings is 1. The molecule has 17 heavy (non-hydrogen) atoms. The summed E-state index contributed by atoms with van der Waals surface area (Å²) in [5.41, 5.74) is 7.69. The minimum Gasteiger partial charge on any atom is -0.398 e. The molecule has 0 unspecified atom stereocenters. The van der Waals surface area contributed by atoms with E-state index in [1.54, 1.807) is 24.3 Å². The summed E-state index contributed by atoms with van der Waals surface area (Å²) in [6.07, 6.45) is 2.58. The molecule has 6 heteroatoms. The average Bonchev–Trinajstić information content (AvgIpc) is 2.32. The topological polar surface area (TPSA) is 87.7 Å². The van der Waals surface area contributed by atoms with Gasteiger partial charge in [0.25, 0.3) is 0 Å². The molecule has 0 radical (unpaired) electrons. The maximum atomic E-state index is 7.22. The molecule has 0 atom stereocenters. The van der Waals surface area contributed by atoms with Gasteiger partial charge in [-0.1, -0.05) is 11.6 Å². The molecule has 0 saturated carbocycles. The summed E-state index contributed by atoms with van der Waals surface area (Å²) >= 11 is 5.75. The Bertz CT molecular complexity index is 555. The third-order valence-electron chi connectivity index (χ3n) is 2.15. The van der Waals surface area contributed by atoms with E-state index in [2.05, 4.69) is 15.3 Å². The Morgan fingerprint density at radius 2 is 2.12 bits per heavy atom. The van der Waals surface area contributed by atoms with Crippen LogP contribution in [0.3, 0.4) is 0 Å². The number of aromatic nitrogens is 2. The lowest BCUT2D eigenvalue weighted by Crippen LogP contribution is -1.97. The number of hydrogen-bond acceptors (Lipinski definition) is 5. The third-order valence-corrected chi connectivity index (χ3v) is 2.36. The molecule has 0 aliphatic carbocycles. The van der Waals surface area contributed by atoms with Gasteiger partial charge in [0.05, 0.1) is 0 Å². The number of rotatable bonds is 3. The quantitative estimate of drug-likeness (QED) is 0.442. The van der Waals surface area contributed by atoms with Crippen molar-refractivity contribution in [2.24, 2.45) is 0 Å². The van der Waals surface area contributed by atoms with Crippen LogP contribution in [0.4, 0.5) is 17.2 Å². The molecule has 4 N–H and O–H groups in total. The molecule has 1 aromatic heterocycles. The number of anilines is 3. The highest BCUT2D eigenvalue weighted by Gasteiger charge is 2.01. The van der Waals surface area contributed by atoms with Gasteiger partial charge >= 0.3 is 0 Å². The van der Waals surface area contributed by atoms with Crippen molar-refractivity contribution in [1.82, 2.24) is 9.97 Å². The fourth-order valence-corrected chi connectivity index (χ4v) is 1.47. The van der Waals surface area contributed by atoms with Gasteiger partial charge in [-0.15, -0.1) is 0 Å². The van der Waals surface area contributed by atoms with Crippen molar-refractivity contribution in [3.8, 4) is 0 Å². The van der Waals surface area contributed by atoms with E-state index in [1.165, 1.54) is 12.5 Å². The van der Waals surface area contributed by atoms with Crippen LogP contribution in [0.25, 0.3) is 0 Å². The molecule has 0 bridgehead atoms. The number of nitrogen functional groups attached to an aromatic ring is 1. The fourth-order valence-electron chi connectivity index (χ4n) is 1.33. The van der Waals surface area contributed by atoms with Gasteiger partial charge in [-0.2, -0.15) is 0 Å². The van der Waals surface area contributed by atoms with Gasteiger partial charge in [0.15, 0.2) is 0 Å². The molecule has 0 saturated heterocycles. The Hall–Kier alpha value is -2.14. The normalized spacial score (nSPS) is 9.94. The second kappa shape index (κ2) is 4.80. The van der Waals surface area contributed by atoms with Crippen LogP contribution in [-0.2, 0) is 0 Å². The molecule has 1 heterocycles. The van der Waals surface area contributed by atoms with Crippen molar-refractivity contribution in [3.05, 3.63) is 41.3 Å². The van der Waals surface area contributed by atoms with Gasteiger partial charge in [0.1, 0.15) is 17.3 Å². The van der Waals surface area contributed by atoms with Crippen LogP contribution in [0.5, 0.6) is 0 Å². The Balaban J connectivity index is 2.27. The third kappa shape index (κ3) is 2.70. The van der Waals surface area contributed by atoms with E-state index in [4.69, 9.17) is 22.7 Å². The first-order valence-electron chi connectivity index (χ1n) is 4.83. The van der Waals surface area contributed by atoms with E-state index in [1.807, 2.05) is 0 Å². The zero-order valence-electron chi connectivity index (χ0n) is 8.81. The minimum absolute atomic E-state index is 0.366. The Morgan fingerprint density at radius 1 is 1.29 bits per heavy atom. The molecule has 0 aliphatic heterocycles. The van der Waals surface area contributed by atoms with Crippen LogP contribution in [-0.4, -0.2) is 16.2 Å². The monoisotopic (exact) mass is 247 g/mol. The lowest BCUT2D eigenvalue weighted by atomic mass is 10.2. The van der Waals surface area contributed by atoms with Gasteiger partial charge in [-0.25, -0.2) is 9.97 Å². The molecule has 0 fully saturated rings. The van der Waals surface area contributed by atoms with E-state index in [0.29, 0.717) is 22.2 Å². The van der Waals surface area contributed by atoms with Crippen LogP contribution >= 0.6 is 11.6 Å². The van der Waals surface area contributed by atoms with E-state index < -0.39 is 0 Å². The van der Waals surface area contributed by atoms with Crippen molar-refractivity contribution in [2.75, 3.05) is 11.1 Å². The summed E-state index contributed by atoms with van der Waals surface area (Å²) in [5.74, 6) is 0.589. The zero-order valence-corrected chi connectivity index (χ0v) is 9.57. The highest BCUT2D eigenvalue weighted by atomic mass is 35.5. The molecule has 0 spiro atoms. The summed E-state index contributed by atoms with van der Waals surface area (Å²) < 4.78 is 0. The molecule has 2 rings (SSSR count). The summed E-state index contributed by atoms with van der Waals surface area (Å²) in [7, 11) is 0. The largest absolute Gasteiger partial charge is 0.398 e. The standard InChI is InChI=1S/C11H10ClN5/c12-10-4-11(16-6-15-10)17-8-1-2-9(14)7(3-8)5-13/h1-6,13H,14H2,(H,15,16,17). The second-order valence-corrected chi connectivity index (χ2v) is 3.73.